The number of methoxy groups -OCH3 is 1. The molecule has 16 nitrogen and oxygen atoms in total. The molecule has 2 aliphatic rings. The Bertz CT molecular complexity index is 2920. The molecule has 2 aromatic carbocycles. The minimum absolute atomic E-state index is 0.00932. The molecule has 22 heteroatoms. The van der Waals surface area contributed by atoms with Crippen LogP contribution >= 0.6 is 0 Å². The molecule has 0 atom stereocenters. The summed E-state index contributed by atoms with van der Waals surface area (Å²) in [4.78, 5) is 45.8. The normalized spacial score (nSPS) is 19.3. The van der Waals surface area contributed by atoms with Crippen LogP contribution < -0.4 is 26.4 Å². The molecule has 4 heterocycles. The van der Waals surface area contributed by atoms with Crippen molar-refractivity contribution in [1.29, 1.82) is 0 Å². The summed E-state index contributed by atoms with van der Waals surface area (Å²) in [6, 6.07) is 15.3. The van der Waals surface area contributed by atoms with Crippen LogP contribution in [-0.2, 0) is 15.6 Å². The fourth-order valence-corrected chi connectivity index (χ4v) is 8.32. The second-order valence-electron chi connectivity index (χ2n) is 17.9. The van der Waals surface area contributed by atoms with E-state index in [0.29, 0.717) is 5.82 Å². The van der Waals surface area contributed by atoms with Crippen molar-refractivity contribution in [3.63, 3.8) is 0 Å². The summed E-state index contributed by atoms with van der Waals surface area (Å²) in [5.41, 5.74) is 7.72. The number of pyridine rings is 2. The van der Waals surface area contributed by atoms with E-state index in [4.69, 9.17) is 20.9 Å². The van der Waals surface area contributed by atoms with Crippen molar-refractivity contribution in [2.24, 2.45) is 11.5 Å². The highest BCUT2D eigenvalue weighted by atomic mass is 19.2. The number of alkyl halides is 2. The maximum absolute atomic E-state index is 14.8. The molecule has 6 aromatic rings. The molecule has 8 rings (SSSR count). The smallest absolute Gasteiger partial charge is 0.416 e. The Morgan fingerprint density at radius 1 is 0.729 bits per heavy atom. The second-order valence-corrected chi connectivity index (χ2v) is 17.9. The Morgan fingerprint density at radius 3 is 1.74 bits per heavy atom. The fourth-order valence-electron chi connectivity index (χ4n) is 8.32. The SMILES string of the molecule is COc1cc(F)c(-c2ccc(N(CC3(c4ncccc4F)CC(F)C3)C(=O)OC(C)(C)C)nn2)cc1C(N)=O.NC(=O)c1cc(-c2ccc(NCC3(c4ncccc4F)CC(F)C3)nn2)c(F)cc1O. The summed E-state index contributed by atoms with van der Waals surface area (Å²) in [5, 5.41) is 28.7. The van der Waals surface area contributed by atoms with Gasteiger partial charge in [0.05, 0.1) is 41.0 Å². The molecule has 0 saturated heterocycles. The highest BCUT2D eigenvalue weighted by Gasteiger charge is 2.51. The number of nitrogens with zero attached hydrogens (tertiary/aromatic N) is 7. The van der Waals surface area contributed by atoms with Crippen LogP contribution in [0.15, 0.2) is 85.2 Å². The van der Waals surface area contributed by atoms with Crippen LogP contribution in [0.3, 0.4) is 0 Å². The highest BCUT2D eigenvalue weighted by molar-refractivity contribution is 5.97. The van der Waals surface area contributed by atoms with Gasteiger partial charge in [0.2, 0.25) is 0 Å². The van der Waals surface area contributed by atoms with Gasteiger partial charge in [-0.25, -0.2) is 31.1 Å². The third kappa shape index (κ3) is 10.7. The topological polar surface area (TPSA) is 235 Å². The number of ether oxygens (including phenoxy) is 2. The zero-order chi connectivity index (χ0) is 50.7. The number of rotatable bonds is 13. The molecule has 0 radical (unpaired) electrons. The van der Waals surface area contributed by atoms with Crippen molar-refractivity contribution in [2.75, 3.05) is 30.4 Å². The number of anilines is 2. The van der Waals surface area contributed by atoms with Crippen molar-refractivity contribution in [3.05, 3.63) is 131 Å². The number of carbonyl (C=O) groups is 3. The van der Waals surface area contributed by atoms with Crippen molar-refractivity contribution in [3.8, 4) is 34.0 Å². The Morgan fingerprint density at radius 2 is 1.26 bits per heavy atom. The number of halogens is 6. The number of primary amides is 2. The van der Waals surface area contributed by atoms with E-state index in [1.165, 1.54) is 74.1 Å². The van der Waals surface area contributed by atoms with Gasteiger partial charge in [-0.3, -0.25) is 24.5 Å². The summed E-state index contributed by atoms with van der Waals surface area (Å²) >= 11 is 0. The Labute approximate surface area is 396 Å². The average Bonchev–Trinajstić information content (AvgIpc) is 3.28. The lowest BCUT2D eigenvalue weighted by atomic mass is 9.64. The van der Waals surface area contributed by atoms with Crippen LogP contribution in [0.25, 0.3) is 22.5 Å². The number of aromatic hydroxyl groups is 1. The van der Waals surface area contributed by atoms with Crippen LogP contribution in [0.4, 0.5) is 42.8 Å². The molecule has 2 saturated carbocycles. The van der Waals surface area contributed by atoms with Gasteiger partial charge in [0, 0.05) is 59.6 Å². The minimum Gasteiger partial charge on any atom is -0.507 e. The van der Waals surface area contributed by atoms with Crippen molar-refractivity contribution in [2.45, 2.75) is 75.2 Å². The first-order valence-corrected chi connectivity index (χ1v) is 21.5. The molecule has 2 aliphatic carbocycles. The molecule has 0 spiro atoms. The molecule has 6 N–H and O–H groups in total. The van der Waals surface area contributed by atoms with Gasteiger partial charge in [0.1, 0.15) is 58.5 Å². The fraction of sp³-hybridized carbons (Fsp3) is 0.312. The zero-order valence-corrected chi connectivity index (χ0v) is 38.0. The third-order valence-corrected chi connectivity index (χ3v) is 11.7. The summed E-state index contributed by atoms with van der Waals surface area (Å²) in [6.07, 6.45) is -0.0190. The molecule has 3 amide bonds. The van der Waals surface area contributed by atoms with Gasteiger partial charge in [-0.05, 0) is 107 Å². The van der Waals surface area contributed by atoms with Gasteiger partial charge < -0.3 is 31.4 Å². The highest BCUT2D eigenvalue weighted by Crippen LogP contribution is 2.48. The molecule has 366 valence electrons. The number of carbonyl (C=O) groups excluding carboxylic acids is 3. The molecular formula is C48H46F6N10O6. The standard InChI is InChI=1S/C27H28F3N5O4.C21H18F3N5O2/c1-26(2,3)39-25(37)35(14-27(12-15(28)13-27)23-18(29)6-5-9-32-23)22-8-7-20(33-34-22)16-10-17(24(31)36)21(38-4)11-19(16)30;22-11-8-21(9-11,19-14(23)2-1-5-26-19)10-27-18-4-3-16(28-29-18)12-6-13(20(25)31)17(30)7-15(12)24/h5-11,15H,12-14H2,1-4H3,(H2,31,36);1-7,11,30H,8-10H2,(H2,25,31)(H,27,29). The van der Waals surface area contributed by atoms with E-state index in [9.17, 15) is 45.8 Å². The molecule has 4 aromatic heterocycles. The molecule has 2 fully saturated rings. The molecule has 0 bridgehead atoms. The first-order chi connectivity index (χ1) is 33.1. The van der Waals surface area contributed by atoms with E-state index < -0.39 is 75.7 Å². The number of hydrogen-bond acceptors (Lipinski definition) is 13. The maximum atomic E-state index is 14.8. The summed E-state index contributed by atoms with van der Waals surface area (Å²) in [6.45, 7) is 5.03. The van der Waals surface area contributed by atoms with Crippen LogP contribution in [0.2, 0.25) is 0 Å². The van der Waals surface area contributed by atoms with Gasteiger partial charge in [0.15, 0.2) is 5.82 Å². The number of benzene rings is 2. The van der Waals surface area contributed by atoms with Crippen molar-refractivity contribution in [1.82, 2.24) is 30.4 Å². The third-order valence-electron chi connectivity index (χ3n) is 11.7. The lowest BCUT2D eigenvalue weighted by Gasteiger charge is -2.46. The average molecular weight is 973 g/mol. The number of phenols is 1. The Hall–Kier alpha value is -7.91. The number of nitrogens with two attached hydrogens (primary N) is 2. The van der Waals surface area contributed by atoms with E-state index in [1.807, 2.05) is 0 Å². The first kappa shape index (κ1) is 50.0. The Kier molecular flexibility index (Phi) is 14.3. The van der Waals surface area contributed by atoms with Gasteiger partial charge in [0.25, 0.3) is 11.8 Å². The van der Waals surface area contributed by atoms with E-state index in [-0.39, 0.29) is 95.4 Å². The van der Waals surface area contributed by atoms with Gasteiger partial charge in [-0.2, -0.15) is 0 Å². The predicted octanol–water partition coefficient (Wildman–Crippen LogP) is 7.84. The predicted molar refractivity (Wildman–Crippen MR) is 242 cm³/mol. The quantitative estimate of drug-likeness (QED) is 0.0809. The monoisotopic (exact) mass is 972 g/mol. The van der Waals surface area contributed by atoms with Crippen LogP contribution in [0.1, 0.15) is 78.6 Å². The largest absolute Gasteiger partial charge is 0.507 e. The van der Waals surface area contributed by atoms with Crippen LogP contribution in [0.5, 0.6) is 11.5 Å². The summed E-state index contributed by atoms with van der Waals surface area (Å²) < 4.78 is 96.4. The summed E-state index contributed by atoms with van der Waals surface area (Å²) in [7, 11) is 1.28. The molecule has 0 unspecified atom stereocenters. The Balaban J connectivity index is 0.000000212. The van der Waals surface area contributed by atoms with E-state index in [0.717, 1.165) is 23.1 Å². The van der Waals surface area contributed by atoms with Gasteiger partial charge in [-0.1, -0.05) is 0 Å². The number of hydrogen-bond donors (Lipinski definition) is 4. The first-order valence-electron chi connectivity index (χ1n) is 21.5. The van der Waals surface area contributed by atoms with E-state index in [1.54, 1.807) is 20.8 Å². The van der Waals surface area contributed by atoms with E-state index in [2.05, 4.69) is 35.7 Å². The zero-order valence-electron chi connectivity index (χ0n) is 38.0. The maximum Gasteiger partial charge on any atom is 0.416 e. The summed E-state index contributed by atoms with van der Waals surface area (Å²) in [5.74, 6) is -4.67. The molecule has 70 heavy (non-hydrogen) atoms. The van der Waals surface area contributed by atoms with Gasteiger partial charge in [-0.15, -0.1) is 20.4 Å². The lowest BCUT2D eigenvalue weighted by molar-refractivity contribution is 0.0506. The molecular weight excluding hydrogens is 927 g/mol. The van der Waals surface area contributed by atoms with Crippen molar-refractivity contribution < 1.29 is 55.3 Å². The van der Waals surface area contributed by atoms with E-state index >= 15 is 0 Å². The number of amides is 3. The minimum atomic E-state index is -1.20. The lowest BCUT2D eigenvalue weighted by Crippen LogP contribution is -2.54. The number of aromatic nitrogens is 6. The van der Waals surface area contributed by atoms with Crippen LogP contribution in [-0.4, -0.2) is 91.5 Å². The molecule has 0 aliphatic heterocycles. The van der Waals surface area contributed by atoms with Gasteiger partial charge >= 0.3 is 6.09 Å². The number of nitrogens with one attached hydrogen (secondary N) is 1. The second kappa shape index (κ2) is 20.0. The van der Waals surface area contributed by atoms with Crippen molar-refractivity contribution >= 4 is 29.5 Å². The van der Waals surface area contributed by atoms with Crippen LogP contribution in [0, 0.1) is 23.3 Å².